The minimum absolute atomic E-state index is 0.181. The molecule has 0 radical (unpaired) electrons. The van der Waals surface area contributed by atoms with Gasteiger partial charge in [0.05, 0.1) is 19.1 Å². The van der Waals surface area contributed by atoms with Crippen LogP contribution in [0.25, 0.3) is 0 Å². The maximum Gasteiger partial charge on any atom is 0.307 e. The first-order chi connectivity index (χ1) is 8.07. The molecule has 3 nitrogen and oxygen atoms in total. The van der Waals surface area contributed by atoms with Crippen LogP contribution in [0.2, 0.25) is 0 Å². The summed E-state index contributed by atoms with van der Waals surface area (Å²) in [5, 5.41) is 3.11. The zero-order valence-corrected chi connectivity index (χ0v) is 10.4. The molecule has 1 N–H and O–H groups in total. The van der Waals surface area contributed by atoms with E-state index in [0.29, 0.717) is 6.42 Å². The molecule has 0 aliphatic rings. The molecular formula is C13H18FNO2. The molecule has 4 heteroatoms. The molecule has 0 saturated heterocycles. The van der Waals surface area contributed by atoms with Crippen LogP contribution in [-0.4, -0.2) is 20.1 Å². The number of carbonyl (C=O) groups is 1. The normalized spacial score (nSPS) is 14.1. The van der Waals surface area contributed by atoms with Crippen molar-refractivity contribution in [2.24, 2.45) is 0 Å². The maximum absolute atomic E-state index is 13.2. The van der Waals surface area contributed by atoms with Gasteiger partial charge in [0, 0.05) is 0 Å². The average molecular weight is 239 g/mol. The lowest BCUT2D eigenvalue weighted by atomic mass is 9.84. The van der Waals surface area contributed by atoms with E-state index in [1.807, 2.05) is 13.0 Å². The lowest BCUT2D eigenvalue weighted by molar-refractivity contribution is -0.142. The summed E-state index contributed by atoms with van der Waals surface area (Å²) in [7, 11) is 3.11. The van der Waals surface area contributed by atoms with Crippen LogP contribution in [0.3, 0.4) is 0 Å². The predicted molar refractivity (Wildman–Crippen MR) is 64.1 cm³/mol. The van der Waals surface area contributed by atoms with Gasteiger partial charge in [-0.3, -0.25) is 4.79 Å². The highest BCUT2D eigenvalue weighted by Crippen LogP contribution is 2.29. The number of nitrogens with one attached hydrogen (secondary N) is 1. The van der Waals surface area contributed by atoms with E-state index in [4.69, 9.17) is 0 Å². The molecule has 17 heavy (non-hydrogen) atoms. The second-order valence-corrected chi connectivity index (χ2v) is 3.95. The SMILES string of the molecule is CCC(CC(=O)OC)(NC)c1cccc(F)c1. The van der Waals surface area contributed by atoms with Crippen molar-refractivity contribution in [3.05, 3.63) is 35.6 Å². The van der Waals surface area contributed by atoms with E-state index in [0.717, 1.165) is 5.56 Å². The van der Waals surface area contributed by atoms with Crippen LogP contribution in [-0.2, 0) is 15.1 Å². The van der Waals surface area contributed by atoms with Gasteiger partial charge in [-0.15, -0.1) is 0 Å². The highest BCUT2D eigenvalue weighted by molar-refractivity contribution is 5.71. The Kier molecular flexibility index (Phi) is 4.63. The number of esters is 1. The first-order valence-electron chi connectivity index (χ1n) is 5.59. The fourth-order valence-corrected chi connectivity index (χ4v) is 1.95. The molecule has 0 aliphatic carbocycles. The van der Waals surface area contributed by atoms with Gasteiger partial charge in [-0.05, 0) is 31.2 Å². The highest BCUT2D eigenvalue weighted by atomic mass is 19.1. The molecule has 1 rings (SSSR count). The number of hydrogen-bond acceptors (Lipinski definition) is 3. The summed E-state index contributed by atoms with van der Waals surface area (Å²) >= 11 is 0. The summed E-state index contributed by atoms with van der Waals surface area (Å²) in [4.78, 5) is 11.4. The predicted octanol–water partition coefficient (Wildman–Crippen LogP) is 2.21. The molecule has 0 bridgehead atoms. The largest absolute Gasteiger partial charge is 0.469 e. The Hall–Kier alpha value is -1.42. The van der Waals surface area contributed by atoms with Gasteiger partial charge in [0.15, 0.2) is 0 Å². The molecule has 94 valence electrons. The van der Waals surface area contributed by atoms with Gasteiger partial charge < -0.3 is 10.1 Å². The first-order valence-corrected chi connectivity index (χ1v) is 5.59. The molecule has 0 saturated carbocycles. The Balaban J connectivity index is 3.10. The third-order valence-corrected chi connectivity index (χ3v) is 3.13. The van der Waals surface area contributed by atoms with Crippen molar-refractivity contribution in [3.63, 3.8) is 0 Å². The topological polar surface area (TPSA) is 38.3 Å². The Morgan fingerprint density at radius 1 is 1.53 bits per heavy atom. The van der Waals surface area contributed by atoms with Crippen LogP contribution in [0.5, 0.6) is 0 Å². The van der Waals surface area contributed by atoms with Crippen LogP contribution in [0.15, 0.2) is 24.3 Å². The second-order valence-electron chi connectivity index (χ2n) is 3.95. The van der Waals surface area contributed by atoms with Gasteiger partial charge in [0.2, 0.25) is 0 Å². The summed E-state index contributed by atoms with van der Waals surface area (Å²) in [6, 6.07) is 6.29. The molecule has 0 aromatic heterocycles. The van der Waals surface area contributed by atoms with Crippen molar-refractivity contribution >= 4 is 5.97 Å². The molecule has 1 atom stereocenters. The molecule has 0 spiro atoms. The Labute approximate surface area is 101 Å². The average Bonchev–Trinajstić information content (AvgIpc) is 2.35. The minimum atomic E-state index is -0.574. The van der Waals surface area contributed by atoms with Gasteiger partial charge in [-0.25, -0.2) is 4.39 Å². The van der Waals surface area contributed by atoms with Gasteiger partial charge in [0.25, 0.3) is 0 Å². The molecule has 0 aliphatic heterocycles. The quantitative estimate of drug-likeness (QED) is 0.801. The Morgan fingerprint density at radius 2 is 2.24 bits per heavy atom. The lowest BCUT2D eigenvalue weighted by Crippen LogP contribution is -2.41. The van der Waals surface area contributed by atoms with Crippen LogP contribution in [0.1, 0.15) is 25.3 Å². The number of methoxy groups -OCH3 is 1. The van der Waals surface area contributed by atoms with E-state index in [2.05, 4.69) is 10.1 Å². The van der Waals surface area contributed by atoms with Gasteiger partial charge in [-0.1, -0.05) is 19.1 Å². The van der Waals surface area contributed by atoms with E-state index in [-0.39, 0.29) is 18.2 Å². The van der Waals surface area contributed by atoms with Crippen molar-refractivity contribution in [2.75, 3.05) is 14.2 Å². The number of hydrogen-bond donors (Lipinski definition) is 1. The summed E-state index contributed by atoms with van der Waals surface area (Å²) in [5.74, 6) is -0.620. The van der Waals surface area contributed by atoms with Gasteiger partial charge >= 0.3 is 5.97 Å². The van der Waals surface area contributed by atoms with E-state index in [9.17, 15) is 9.18 Å². The first kappa shape index (κ1) is 13.6. The molecule has 1 unspecified atom stereocenters. The zero-order chi connectivity index (χ0) is 12.9. The van der Waals surface area contributed by atoms with E-state index >= 15 is 0 Å². The molecule has 0 amide bonds. The van der Waals surface area contributed by atoms with Crippen LogP contribution in [0.4, 0.5) is 4.39 Å². The third kappa shape index (κ3) is 3.03. The summed E-state index contributed by atoms with van der Waals surface area (Å²) in [6.07, 6.45) is 0.849. The monoisotopic (exact) mass is 239 g/mol. The molecular weight excluding hydrogens is 221 g/mol. The molecule has 1 aromatic rings. The van der Waals surface area contributed by atoms with E-state index < -0.39 is 5.54 Å². The number of rotatable bonds is 5. The second kappa shape index (κ2) is 5.77. The van der Waals surface area contributed by atoms with Crippen LogP contribution >= 0.6 is 0 Å². The number of benzene rings is 1. The fourth-order valence-electron chi connectivity index (χ4n) is 1.95. The van der Waals surface area contributed by atoms with Crippen molar-refractivity contribution in [1.29, 1.82) is 0 Å². The van der Waals surface area contributed by atoms with Crippen molar-refractivity contribution in [1.82, 2.24) is 5.32 Å². The molecule has 1 aromatic carbocycles. The fraction of sp³-hybridized carbons (Fsp3) is 0.462. The minimum Gasteiger partial charge on any atom is -0.469 e. The number of ether oxygens (including phenoxy) is 1. The van der Waals surface area contributed by atoms with Crippen LogP contribution < -0.4 is 5.32 Å². The summed E-state index contributed by atoms with van der Waals surface area (Å²) in [5.41, 5.74) is 0.183. The van der Waals surface area contributed by atoms with Gasteiger partial charge in [-0.2, -0.15) is 0 Å². The Morgan fingerprint density at radius 3 is 2.71 bits per heavy atom. The zero-order valence-electron chi connectivity index (χ0n) is 10.4. The Bertz CT molecular complexity index is 389. The lowest BCUT2D eigenvalue weighted by Gasteiger charge is -2.32. The van der Waals surface area contributed by atoms with E-state index in [1.165, 1.54) is 19.2 Å². The third-order valence-electron chi connectivity index (χ3n) is 3.13. The highest BCUT2D eigenvalue weighted by Gasteiger charge is 2.32. The standard InChI is InChI=1S/C13H18FNO2/c1-4-13(15-2,9-12(16)17-3)10-6-5-7-11(14)8-10/h5-8,15H,4,9H2,1-3H3. The summed E-state index contributed by atoms with van der Waals surface area (Å²) < 4.78 is 17.9. The van der Waals surface area contributed by atoms with Crippen LogP contribution in [0, 0.1) is 5.82 Å². The molecule has 0 fully saturated rings. The molecule has 0 heterocycles. The van der Waals surface area contributed by atoms with Gasteiger partial charge in [0.1, 0.15) is 5.82 Å². The van der Waals surface area contributed by atoms with Crippen molar-refractivity contribution < 1.29 is 13.9 Å². The smallest absolute Gasteiger partial charge is 0.307 e. The van der Waals surface area contributed by atoms with Crippen molar-refractivity contribution in [2.45, 2.75) is 25.3 Å². The van der Waals surface area contributed by atoms with E-state index in [1.54, 1.807) is 13.1 Å². The van der Waals surface area contributed by atoms with Crippen molar-refractivity contribution in [3.8, 4) is 0 Å². The maximum atomic E-state index is 13.2. The number of halogens is 1. The summed E-state index contributed by atoms with van der Waals surface area (Å²) in [6.45, 7) is 1.95. The number of carbonyl (C=O) groups excluding carboxylic acids is 1.